The molecule has 0 radical (unpaired) electrons. The summed E-state index contributed by atoms with van der Waals surface area (Å²) in [4.78, 5) is 4.31. The summed E-state index contributed by atoms with van der Waals surface area (Å²) in [6, 6.07) is 7.46. The summed E-state index contributed by atoms with van der Waals surface area (Å²) in [5, 5.41) is 0.900. The van der Waals surface area contributed by atoms with Crippen molar-refractivity contribution in [3.8, 4) is 5.75 Å². The fourth-order valence-electron chi connectivity index (χ4n) is 2.18. The van der Waals surface area contributed by atoms with Crippen molar-refractivity contribution in [3.05, 3.63) is 36.0 Å². The van der Waals surface area contributed by atoms with Crippen LogP contribution in [0.25, 0.3) is 10.9 Å². The van der Waals surface area contributed by atoms with Crippen molar-refractivity contribution in [1.29, 1.82) is 0 Å². The standard InChI is InChI=1S/C15H20NO4P/c1-4-19-21(17,20-5-2)11-12-8-9-16-15-7-6-13(18-3)10-14(12)15/h6-10H,4-5,11H2,1-3H3. The van der Waals surface area contributed by atoms with E-state index in [0.717, 1.165) is 22.2 Å². The lowest BCUT2D eigenvalue weighted by Gasteiger charge is -2.18. The lowest BCUT2D eigenvalue weighted by Crippen LogP contribution is -2.00. The third-order valence-electron chi connectivity index (χ3n) is 3.05. The largest absolute Gasteiger partial charge is 0.497 e. The number of hydrogen-bond acceptors (Lipinski definition) is 5. The average Bonchev–Trinajstić information content (AvgIpc) is 2.47. The molecule has 0 N–H and O–H groups in total. The predicted molar refractivity (Wildman–Crippen MR) is 82.9 cm³/mol. The topological polar surface area (TPSA) is 57.7 Å². The van der Waals surface area contributed by atoms with E-state index in [1.165, 1.54) is 0 Å². The third kappa shape index (κ3) is 3.82. The maximum Gasteiger partial charge on any atom is 0.335 e. The molecule has 0 saturated heterocycles. The number of rotatable bonds is 7. The quantitative estimate of drug-likeness (QED) is 0.723. The second kappa shape index (κ2) is 7.03. The van der Waals surface area contributed by atoms with E-state index in [-0.39, 0.29) is 6.16 Å². The molecule has 0 atom stereocenters. The molecule has 5 nitrogen and oxygen atoms in total. The van der Waals surface area contributed by atoms with E-state index in [2.05, 4.69) is 4.98 Å². The first-order valence-electron chi connectivity index (χ1n) is 6.91. The fraction of sp³-hybridized carbons (Fsp3) is 0.400. The molecule has 0 saturated carbocycles. The summed E-state index contributed by atoms with van der Waals surface area (Å²) in [5.74, 6) is 0.736. The van der Waals surface area contributed by atoms with Crippen molar-refractivity contribution in [2.24, 2.45) is 0 Å². The molecule has 1 aromatic heterocycles. The van der Waals surface area contributed by atoms with Crippen molar-refractivity contribution < 1.29 is 18.3 Å². The number of nitrogens with zero attached hydrogens (tertiary/aromatic N) is 1. The Morgan fingerprint density at radius 2 is 1.86 bits per heavy atom. The smallest absolute Gasteiger partial charge is 0.335 e. The highest BCUT2D eigenvalue weighted by atomic mass is 31.2. The van der Waals surface area contributed by atoms with Gasteiger partial charge in [0.2, 0.25) is 0 Å². The maximum atomic E-state index is 12.7. The van der Waals surface area contributed by atoms with Gasteiger partial charge < -0.3 is 13.8 Å². The molecule has 0 fully saturated rings. The van der Waals surface area contributed by atoms with Gasteiger partial charge in [-0.15, -0.1) is 0 Å². The van der Waals surface area contributed by atoms with Crippen molar-refractivity contribution in [3.63, 3.8) is 0 Å². The van der Waals surface area contributed by atoms with Crippen LogP contribution in [-0.4, -0.2) is 25.3 Å². The Bertz CT molecular complexity index is 649. The van der Waals surface area contributed by atoms with Crippen LogP contribution in [0.1, 0.15) is 19.4 Å². The summed E-state index contributed by atoms with van der Waals surface area (Å²) in [6.07, 6.45) is 1.92. The number of methoxy groups -OCH3 is 1. The minimum absolute atomic E-state index is 0.223. The highest BCUT2D eigenvalue weighted by molar-refractivity contribution is 7.53. The first-order valence-corrected chi connectivity index (χ1v) is 8.64. The number of hydrogen-bond donors (Lipinski definition) is 0. The molecule has 2 rings (SSSR count). The van der Waals surface area contributed by atoms with Crippen LogP contribution in [0.3, 0.4) is 0 Å². The van der Waals surface area contributed by atoms with Crippen LogP contribution in [0.4, 0.5) is 0 Å². The zero-order valence-corrected chi connectivity index (χ0v) is 13.4. The molecule has 21 heavy (non-hydrogen) atoms. The summed E-state index contributed by atoms with van der Waals surface area (Å²) < 4.78 is 28.6. The Balaban J connectivity index is 2.43. The minimum atomic E-state index is -3.14. The lowest BCUT2D eigenvalue weighted by molar-refractivity contribution is 0.219. The molecule has 0 aliphatic rings. The van der Waals surface area contributed by atoms with Gasteiger partial charge in [0.25, 0.3) is 0 Å². The van der Waals surface area contributed by atoms with E-state index >= 15 is 0 Å². The van der Waals surface area contributed by atoms with Crippen molar-refractivity contribution in [1.82, 2.24) is 4.98 Å². The zero-order valence-electron chi connectivity index (χ0n) is 12.5. The zero-order chi connectivity index (χ0) is 15.3. The van der Waals surface area contributed by atoms with Crippen LogP contribution >= 0.6 is 7.60 Å². The van der Waals surface area contributed by atoms with Crippen LogP contribution in [0, 0.1) is 0 Å². The summed E-state index contributed by atoms with van der Waals surface area (Å²) in [5.41, 5.74) is 1.71. The van der Waals surface area contributed by atoms with Gasteiger partial charge in [-0.05, 0) is 43.7 Å². The molecule has 0 amide bonds. The highest BCUT2D eigenvalue weighted by Crippen LogP contribution is 2.52. The van der Waals surface area contributed by atoms with Gasteiger partial charge in [0.1, 0.15) is 5.75 Å². The van der Waals surface area contributed by atoms with E-state index in [9.17, 15) is 4.57 Å². The molecule has 6 heteroatoms. The van der Waals surface area contributed by atoms with E-state index in [4.69, 9.17) is 13.8 Å². The van der Waals surface area contributed by atoms with E-state index < -0.39 is 7.60 Å². The molecular formula is C15H20NO4P. The molecule has 0 bridgehead atoms. The second-order valence-electron chi connectivity index (χ2n) is 4.46. The van der Waals surface area contributed by atoms with Gasteiger partial charge in [-0.2, -0.15) is 0 Å². The van der Waals surface area contributed by atoms with Crippen molar-refractivity contribution in [2.45, 2.75) is 20.0 Å². The Morgan fingerprint density at radius 1 is 1.14 bits per heavy atom. The van der Waals surface area contributed by atoms with Gasteiger partial charge in [0.05, 0.1) is 32.0 Å². The van der Waals surface area contributed by atoms with Gasteiger partial charge in [0, 0.05) is 11.6 Å². The molecule has 1 aromatic carbocycles. The van der Waals surface area contributed by atoms with Crippen molar-refractivity contribution >= 4 is 18.5 Å². The van der Waals surface area contributed by atoms with Gasteiger partial charge >= 0.3 is 7.60 Å². The molecule has 0 aliphatic carbocycles. The maximum absolute atomic E-state index is 12.7. The molecule has 0 aliphatic heterocycles. The van der Waals surface area contributed by atoms with Crippen LogP contribution in [0.2, 0.25) is 0 Å². The number of fused-ring (bicyclic) bond motifs is 1. The van der Waals surface area contributed by atoms with Crippen molar-refractivity contribution in [2.75, 3.05) is 20.3 Å². The number of ether oxygens (including phenoxy) is 1. The molecule has 0 unspecified atom stereocenters. The molecule has 0 spiro atoms. The second-order valence-corrected chi connectivity index (χ2v) is 6.51. The SMILES string of the molecule is CCOP(=O)(Cc1ccnc2ccc(OC)cc12)OCC. The Kier molecular flexibility index (Phi) is 5.34. The molecular weight excluding hydrogens is 289 g/mol. The van der Waals surface area contributed by atoms with Gasteiger partial charge in [-0.3, -0.25) is 9.55 Å². The molecule has 114 valence electrons. The number of aromatic nitrogens is 1. The van der Waals surface area contributed by atoms with E-state index in [1.807, 2.05) is 24.3 Å². The van der Waals surface area contributed by atoms with E-state index in [1.54, 1.807) is 27.2 Å². The van der Waals surface area contributed by atoms with E-state index in [0.29, 0.717) is 13.2 Å². The molecule has 2 aromatic rings. The fourth-order valence-corrected chi connectivity index (χ4v) is 3.91. The summed E-state index contributed by atoms with van der Waals surface area (Å²) in [6.45, 7) is 4.31. The Morgan fingerprint density at radius 3 is 2.48 bits per heavy atom. The minimum Gasteiger partial charge on any atom is -0.497 e. The van der Waals surface area contributed by atoms with Crippen LogP contribution < -0.4 is 4.74 Å². The summed E-state index contributed by atoms with van der Waals surface area (Å²) in [7, 11) is -1.52. The van der Waals surface area contributed by atoms with Crippen LogP contribution in [0.5, 0.6) is 5.75 Å². The molecule has 1 heterocycles. The highest BCUT2D eigenvalue weighted by Gasteiger charge is 2.25. The third-order valence-corrected chi connectivity index (χ3v) is 5.09. The first kappa shape index (κ1) is 16.0. The van der Waals surface area contributed by atoms with Crippen LogP contribution in [0.15, 0.2) is 30.5 Å². The van der Waals surface area contributed by atoms with Crippen LogP contribution in [-0.2, 0) is 19.8 Å². The lowest BCUT2D eigenvalue weighted by atomic mass is 10.1. The average molecular weight is 309 g/mol. The van der Waals surface area contributed by atoms with Gasteiger partial charge in [-0.25, -0.2) is 0 Å². The number of pyridine rings is 1. The van der Waals surface area contributed by atoms with Gasteiger partial charge in [0.15, 0.2) is 0 Å². The summed E-state index contributed by atoms with van der Waals surface area (Å²) >= 11 is 0. The Labute approximate surface area is 124 Å². The Hall–Kier alpha value is -1.42. The predicted octanol–water partition coefficient (Wildman–Crippen LogP) is 4.01. The number of benzene rings is 1. The monoisotopic (exact) mass is 309 g/mol. The normalized spacial score (nSPS) is 11.8. The van der Waals surface area contributed by atoms with Gasteiger partial charge in [-0.1, -0.05) is 0 Å². The first-order chi connectivity index (χ1) is 10.1.